The van der Waals surface area contributed by atoms with Crippen LogP contribution in [-0.2, 0) is 0 Å². The van der Waals surface area contributed by atoms with Crippen LogP contribution in [0.2, 0.25) is 0 Å². The summed E-state index contributed by atoms with van der Waals surface area (Å²) in [5, 5.41) is 2.00. The summed E-state index contributed by atoms with van der Waals surface area (Å²) in [6.07, 6.45) is 0. The van der Waals surface area contributed by atoms with E-state index in [0.29, 0.717) is 5.92 Å². The Labute approximate surface area is 107 Å². The van der Waals surface area contributed by atoms with Crippen LogP contribution in [0.3, 0.4) is 0 Å². The molecular weight excluding hydrogens is 232 g/mol. The van der Waals surface area contributed by atoms with Crippen LogP contribution in [-0.4, -0.2) is 48.9 Å². The molecule has 1 aromatic heterocycles. The maximum absolute atomic E-state index is 12.3. The maximum atomic E-state index is 12.3. The van der Waals surface area contributed by atoms with E-state index in [1.165, 1.54) is 4.88 Å². The number of nitrogens with zero attached hydrogens (tertiary/aromatic N) is 2. The molecule has 1 fully saturated rings. The highest BCUT2D eigenvalue weighted by Gasteiger charge is 2.21. The van der Waals surface area contributed by atoms with Gasteiger partial charge in [-0.1, -0.05) is 13.8 Å². The number of carbonyl (C=O) groups excluding carboxylic acids is 1. The monoisotopic (exact) mass is 252 g/mol. The molecular formula is C13H20N2OS. The molecule has 0 radical (unpaired) electrons. The Morgan fingerprint density at radius 3 is 2.47 bits per heavy atom. The standard InChI is InChI=1S/C13H20N2OS/c1-10(2)12-8-11(9-17-12)13(16)15-6-4-14(3)5-7-15/h8-10H,4-7H2,1-3H3. The topological polar surface area (TPSA) is 23.6 Å². The first-order valence-corrected chi connectivity index (χ1v) is 7.02. The van der Waals surface area contributed by atoms with Gasteiger partial charge in [0.1, 0.15) is 0 Å². The summed E-state index contributed by atoms with van der Waals surface area (Å²) >= 11 is 1.69. The number of rotatable bonds is 2. The quantitative estimate of drug-likeness (QED) is 0.806. The van der Waals surface area contributed by atoms with Gasteiger partial charge in [0.05, 0.1) is 5.56 Å². The lowest BCUT2D eigenvalue weighted by Gasteiger charge is -2.32. The highest BCUT2D eigenvalue weighted by molar-refractivity contribution is 7.10. The number of thiophene rings is 1. The lowest BCUT2D eigenvalue weighted by Crippen LogP contribution is -2.47. The second-order valence-electron chi connectivity index (χ2n) is 4.99. The van der Waals surface area contributed by atoms with E-state index in [9.17, 15) is 4.79 Å². The summed E-state index contributed by atoms with van der Waals surface area (Å²) in [7, 11) is 2.10. The molecule has 0 bridgehead atoms. The molecule has 0 saturated carbocycles. The molecule has 17 heavy (non-hydrogen) atoms. The van der Waals surface area contributed by atoms with Crippen LogP contribution in [0.15, 0.2) is 11.4 Å². The van der Waals surface area contributed by atoms with Crippen molar-refractivity contribution in [1.29, 1.82) is 0 Å². The number of amides is 1. The van der Waals surface area contributed by atoms with Crippen molar-refractivity contribution in [2.75, 3.05) is 33.2 Å². The Hall–Kier alpha value is -0.870. The van der Waals surface area contributed by atoms with E-state index >= 15 is 0 Å². The zero-order valence-corrected chi connectivity index (χ0v) is 11.6. The van der Waals surface area contributed by atoms with Gasteiger partial charge >= 0.3 is 0 Å². The minimum atomic E-state index is 0.196. The number of hydrogen-bond acceptors (Lipinski definition) is 3. The normalized spacial score (nSPS) is 17.8. The van der Waals surface area contributed by atoms with Crippen molar-refractivity contribution in [1.82, 2.24) is 9.80 Å². The van der Waals surface area contributed by atoms with Crippen molar-refractivity contribution < 1.29 is 4.79 Å². The van der Waals surface area contributed by atoms with Gasteiger partial charge in [0.15, 0.2) is 0 Å². The summed E-state index contributed by atoms with van der Waals surface area (Å²) in [5.41, 5.74) is 0.864. The van der Waals surface area contributed by atoms with E-state index < -0.39 is 0 Å². The molecule has 4 heteroatoms. The Balaban J connectivity index is 2.03. The first-order chi connectivity index (χ1) is 8.08. The van der Waals surface area contributed by atoms with Crippen LogP contribution < -0.4 is 0 Å². The van der Waals surface area contributed by atoms with Crippen LogP contribution in [0.25, 0.3) is 0 Å². The third kappa shape index (κ3) is 2.87. The van der Waals surface area contributed by atoms with Crippen LogP contribution in [0.5, 0.6) is 0 Å². The lowest BCUT2D eigenvalue weighted by atomic mass is 10.1. The molecule has 0 atom stereocenters. The molecule has 3 nitrogen and oxygen atoms in total. The predicted octanol–water partition coefficient (Wildman–Crippen LogP) is 2.26. The van der Waals surface area contributed by atoms with E-state index in [-0.39, 0.29) is 5.91 Å². The molecule has 2 rings (SSSR count). The van der Waals surface area contributed by atoms with Crippen molar-refractivity contribution in [3.8, 4) is 0 Å². The summed E-state index contributed by atoms with van der Waals surface area (Å²) in [4.78, 5) is 17.8. The van der Waals surface area contributed by atoms with Gasteiger partial charge in [-0.25, -0.2) is 0 Å². The van der Waals surface area contributed by atoms with Gasteiger partial charge in [0, 0.05) is 36.4 Å². The second kappa shape index (κ2) is 5.19. The minimum absolute atomic E-state index is 0.196. The molecule has 0 unspecified atom stereocenters. The van der Waals surface area contributed by atoms with Crippen molar-refractivity contribution in [3.63, 3.8) is 0 Å². The first kappa shape index (κ1) is 12.6. The van der Waals surface area contributed by atoms with Gasteiger partial charge in [-0.05, 0) is 19.0 Å². The van der Waals surface area contributed by atoms with E-state index in [2.05, 4.69) is 31.9 Å². The molecule has 1 saturated heterocycles. The minimum Gasteiger partial charge on any atom is -0.336 e. The fourth-order valence-electron chi connectivity index (χ4n) is 1.96. The Kier molecular flexibility index (Phi) is 3.84. The summed E-state index contributed by atoms with van der Waals surface area (Å²) in [6, 6.07) is 2.05. The van der Waals surface area contributed by atoms with Crippen molar-refractivity contribution in [2.45, 2.75) is 19.8 Å². The Morgan fingerprint density at radius 2 is 1.94 bits per heavy atom. The van der Waals surface area contributed by atoms with Crippen molar-refractivity contribution in [3.05, 3.63) is 21.9 Å². The average Bonchev–Trinajstić information content (AvgIpc) is 2.78. The summed E-state index contributed by atoms with van der Waals surface area (Å²) < 4.78 is 0. The third-order valence-corrected chi connectivity index (χ3v) is 4.46. The zero-order valence-electron chi connectivity index (χ0n) is 10.8. The van der Waals surface area contributed by atoms with Gasteiger partial charge in [-0.15, -0.1) is 11.3 Å². The fourth-order valence-corrected chi connectivity index (χ4v) is 2.86. The molecule has 0 aliphatic carbocycles. The maximum Gasteiger partial charge on any atom is 0.254 e. The number of likely N-dealkylation sites (N-methyl/N-ethyl adjacent to an activating group) is 1. The molecule has 2 heterocycles. The molecule has 0 spiro atoms. The molecule has 1 aliphatic heterocycles. The van der Waals surface area contributed by atoms with E-state index in [1.807, 2.05) is 10.3 Å². The lowest BCUT2D eigenvalue weighted by molar-refractivity contribution is 0.0664. The predicted molar refractivity (Wildman–Crippen MR) is 71.8 cm³/mol. The SMILES string of the molecule is CC(C)c1cc(C(=O)N2CCN(C)CC2)cs1. The zero-order chi connectivity index (χ0) is 12.4. The molecule has 0 aromatic carbocycles. The van der Waals surface area contributed by atoms with Crippen molar-refractivity contribution >= 4 is 17.2 Å². The third-order valence-electron chi connectivity index (χ3n) is 3.23. The average molecular weight is 252 g/mol. The van der Waals surface area contributed by atoms with Gasteiger partial charge in [-0.3, -0.25) is 4.79 Å². The highest BCUT2D eigenvalue weighted by atomic mass is 32.1. The Bertz CT molecular complexity index is 392. The molecule has 0 N–H and O–H groups in total. The number of carbonyl (C=O) groups is 1. The summed E-state index contributed by atoms with van der Waals surface area (Å²) in [5.74, 6) is 0.704. The van der Waals surface area contributed by atoms with E-state index in [1.54, 1.807) is 11.3 Å². The molecule has 1 aliphatic rings. The summed E-state index contributed by atoms with van der Waals surface area (Å²) in [6.45, 7) is 7.98. The second-order valence-corrected chi connectivity index (χ2v) is 5.93. The number of piperazine rings is 1. The first-order valence-electron chi connectivity index (χ1n) is 6.14. The molecule has 1 aromatic rings. The van der Waals surface area contributed by atoms with Crippen LogP contribution in [0.4, 0.5) is 0 Å². The smallest absolute Gasteiger partial charge is 0.254 e. The van der Waals surface area contributed by atoms with Gasteiger partial charge in [0.25, 0.3) is 5.91 Å². The van der Waals surface area contributed by atoms with Crippen LogP contribution >= 0.6 is 11.3 Å². The van der Waals surface area contributed by atoms with Gasteiger partial charge in [0.2, 0.25) is 0 Å². The molecule has 94 valence electrons. The largest absolute Gasteiger partial charge is 0.336 e. The van der Waals surface area contributed by atoms with Gasteiger partial charge in [-0.2, -0.15) is 0 Å². The van der Waals surface area contributed by atoms with E-state index in [0.717, 1.165) is 31.7 Å². The van der Waals surface area contributed by atoms with Crippen LogP contribution in [0.1, 0.15) is 35.0 Å². The highest BCUT2D eigenvalue weighted by Crippen LogP contribution is 2.24. The van der Waals surface area contributed by atoms with E-state index in [4.69, 9.17) is 0 Å². The van der Waals surface area contributed by atoms with Crippen molar-refractivity contribution in [2.24, 2.45) is 0 Å². The number of hydrogen-bond donors (Lipinski definition) is 0. The Morgan fingerprint density at radius 1 is 1.29 bits per heavy atom. The molecule has 1 amide bonds. The van der Waals surface area contributed by atoms with Gasteiger partial charge < -0.3 is 9.80 Å². The van der Waals surface area contributed by atoms with Crippen LogP contribution in [0, 0.1) is 0 Å². The fraction of sp³-hybridized carbons (Fsp3) is 0.615.